The average Bonchev–Trinajstić information content (AvgIpc) is 2.47. The normalized spacial score (nSPS) is 17.8. The standard InChI is InChI=1S/C17H25ClN2O.ClH/c1-12(19)13-8-10-20(11-9-13)16(21)17(2,3)14-4-6-15(18)7-5-14;/h4-7,12-13H,8-11,19H2,1-3H3;1H. The third kappa shape index (κ3) is 4.15. The van der Waals surface area contributed by atoms with Crippen LogP contribution >= 0.6 is 24.0 Å². The number of halogens is 2. The summed E-state index contributed by atoms with van der Waals surface area (Å²) in [5.74, 6) is 0.723. The predicted octanol–water partition coefficient (Wildman–Crippen LogP) is 3.63. The van der Waals surface area contributed by atoms with Crippen LogP contribution in [0.25, 0.3) is 0 Å². The Kier molecular flexibility index (Phi) is 6.72. The highest BCUT2D eigenvalue weighted by atomic mass is 35.5. The van der Waals surface area contributed by atoms with Crippen molar-refractivity contribution in [3.63, 3.8) is 0 Å². The molecular formula is C17H26Cl2N2O. The fourth-order valence-corrected chi connectivity index (χ4v) is 3.14. The zero-order chi connectivity index (χ0) is 15.6. The molecule has 1 aliphatic rings. The van der Waals surface area contributed by atoms with Crippen molar-refractivity contribution in [3.8, 4) is 0 Å². The second-order valence-corrected chi connectivity index (χ2v) is 7.06. The smallest absolute Gasteiger partial charge is 0.232 e. The molecule has 1 aromatic rings. The first-order valence-electron chi connectivity index (χ1n) is 7.63. The average molecular weight is 345 g/mol. The van der Waals surface area contributed by atoms with Crippen molar-refractivity contribution in [1.29, 1.82) is 0 Å². The fraction of sp³-hybridized carbons (Fsp3) is 0.588. The van der Waals surface area contributed by atoms with Crippen molar-refractivity contribution < 1.29 is 4.79 Å². The molecule has 0 radical (unpaired) electrons. The Hall–Kier alpha value is -0.770. The van der Waals surface area contributed by atoms with Gasteiger partial charge in [0.1, 0.15) is 0 Å². The van der Waals surface area contributed by atoms with Gasteiger partial charge < -0.3 is 10.6 Å². The van der Waals surface area contributed by atoms with Crippen LogP contribution in [0.1, 0.15) is 39.2 Å². The SMILES string of the molecule is CC(N)C1CCN(C(=O)C(C)(C)c2ccc(Cl)cc2)CC1.Cl. The van der Waals surface area contributed by atoms with Gasteiger partial charge in [-0.3, -0.25) is 4.79 Å². The number of hydrogen-bond donors (Lipinski definition) is 1. The van der Waals surface area contributed by atoms with Gasteiger partial charge in [-0.1, -0.05) is 23.7 Å². The van der Waals surface area contributed by atoms with Gasteiger partial charge in [0, 0.05) is 24.2 Å². The molecule has 2 N–H and O–H groups in total. The summed E-state index contributed by atoms with van der Waals surface area (Å²) in [5, 5.41) is 0.694. The minimum Gasteiger partial charge on any atom is -0.342 e. The third-order valence-electron chi connectivity index (χ3n) is 4.67. The molecule has 22 heavy (non-hydrogen) atoms. The van der Waals surface area contributed by atoms with Crippen molar-refractivity contribution in [2.24, 2.45) is 11.7 Å². The molecular weight excluding hydrogens is 319 g/mol. The molecule has 1 fully saturated rings. The van der Waals surface area contributed by atoms with Crippen molar-refractivity contribution in [1.82, 2.24) is 4.90 Å². The number of likely N-dealkylation sites (tertiary alicyclic amines) is 1. The topological polar surface area (TPSA) is 46.3 Å². The molecule has 2 rings (SSSR count). The summed E-state index contributed by atoms with van der Waals surface area (Å²) in [6.45, 7) is 7.64. The Balaban J connectivity index is 0.00000242. The van der Waals surface area contributed by atoms with E-state index in [4.69, 9.17) is 17.3 Å². The molecule has 0 aromatic heterocycles. The van der Waals surface area contributed by atoms with Crippen LogP contribution in [0.3, 0.4) is 0 Å². The Morgan fingerprint density at radius 2 is 1.77 bits per heavy atom. The molecule has 1 aliphatic heterocycles. The first kappa shape index (κ1) is 19.3. The fourth-order valence-electron chi connectivity index (χ4n) is 3.01. The van der Waals surface area contributed by atoms with Gasteiger partial charge in [0.25, 0.3) is 0 Å². The number of carbonyl (C=O) groups excluding carboxylic acids is 1. The maximum atomic E-state index is 12.8. The maximum Gasteiger partial charge on any atom is 0.232 e. The lowest BCUT2D eigenvalue weighted by Crippen LogP contribution is -2.48. The zero-order valence-corrected chi connectivity index (χ0v) is 15.1. The number of piperidine rings is 1. The minimum atomic E-state index is -0.522. The molecule has 1 aromatic carbocycles. The quantitative estimate of drug-likeness (QED) is 0.909. The van der Waals surface area contributed by atoms with E-state index in [-0.39, 0.29) is 24.4 Å². The lowest BCUT2D eigenvalue weighted by Gasteiger charge is -2.38. The van der Waals surface area contributed by atoms with Gasteiger partial charge in [0.2, 0.25) is 5.91 Å². The third-order valence-corrected chi connectivity index (χ3v) is 4.92. The van der Waals surface area contributed by atoms with E-state index in [1.54, 1.807) is 0 Å². The summed E-state index contributed by atoms with van der Waals surface area (Å²) in [6.07, 6.45) is 2.00. The van der Waals surface area contributed by atoms with Crippen molar-refractivity contribution in [2.45, 2.75) is 45.1 Å². The number of nitrogens with zero attached hydrogens (tertiary/aromatic N) is 1. The van der Waals surface area contributed by atoms with E-state index in [9.17, 15) is 4.79 Å². The molecule has 0 bridgehead atoms. The number of hydrogen-bond acceptors (Lipinski definition) is 2. The molecule has 0 aliphatic carbocycles. The summed E-state index contributed by atoms with van der Waals surface area (Å²) in [5.41, 5.74) is 6.45. The minimum absolute atomic E-state index is 0. The predicted molar refractivity (Wildman–Crippen MR) is 94.7 cm³/mol. The van der Waals surface area contributed by atoms with Gasteiger partial charge in [-0.05, 0) is 57.2 Å². The Morgan fingerprint density at radius 1 is 1.27 bits per heavy atom. The van der Waals surface area contributed by atoms with E-state index in [1.807, 2.05) is 43.0 Å². The van der Waals surface area contributed by atoms with Crippen LogP contribution in [0.15, 0.2) is 24.3 Å². The van der Waals surface area contributed by atoms with Crippen LogP contribution < -0.4 is 5.73 Å². The molecule has 1 amide bonds. The van der Waals surface area contributed by atoms with E-state index in [0.717, 1.165) is 31.5 Å². The molecule has 124 valence electrons. The number of carbonyl (C=O) groups is 1. The lowest BCUT2D eigenvalue weighted by atomic mass is 9.82. The summed E-state index contributed by atoms with van der Waals surface area (Å²) in [4.78, 5) is 14.8. The zero-order valence-electron chi connectivity index (χ0n) is 13.5. The van der Waals surface area contributed by atoms with Crippen molar-refractivity contribution >= 4 is 29.9 Å². The van der Waals surface area contributed by atoms with Gasteiger partial charge in [-0.2, -0.15) is 0 Å². The van der Waals surface area contributed by atoms with E-state index >= 15 is 0 Å². The number of rotatable bonds is 3. The number of benzene rings is 1. The van der Waals surface area contributed by atoms with Crippen LogP contribution in [0.2, 0.25) is 5.02 Å². The maximum absolute atomic E-state index is 12.8. The molecule has 1 unspecified atom stereocenters. The van der Waals surface area contributed by atoms with Crippen LogP contribution in [-0.2, 0) is 10.2 Å². The van der Waals surface area contributed by atoms with E-state index in [1.165, 1.54) is 0 Å². The monoisotopic (exact) mass is 344 g/mol. The number of amides is 1. The van der Waals surface area contributed by atoms with Crippen LogP contribution in [0, 0.1) is 5.92 Å². The van der Waals surface area contributed by atoms with Crippen molar-refractivity contribution in [2.75, 3.05) is 13.1 Å². The highest BCUT2D eigenvalue weighted by molar-refractivity contribution is 6.30. The summed E-state index contributed by atoms with van der Waals surface area (Å²) >= 11 is 5.93. The van der Waals surface area contributed by atoms with E-state index < -0.39 is 5.41 Å². The summed E-state index contributed by atoms with van der Waals surface area (Å²) in [7, 11) is 0. The van der Waals surface area contributed by atoms with Gasteiger partial charge in [-0.25, -0.2) is 0 Å². The molecule has 3 nitrogen and oxygen atoms in total. The summed E-state index contributed by atoms with van der Waals surface area (Å²) in [6, 6.07) is 7.78. The van der Waals surface area contributed by atoms with Gasteiger partial charge in [0.05, 0.1) is 5.41 Å². The number of nitrogens with two attached hydrogens (primary N) is 1. The molecule has 1 heterocycles. The van der Waals surface area contributed by atoms with Crippen LogP contribution in [-0.4, -0.2) is 29.9 Å². The van der Waals surface area contributed by atoms with Gasteiger partial charge >= 0.3 is 0 Å². The van der Waals surface area contributed by atoms with Crippen LogP contribution in [0.5, 0.6) is 0 Å². The van der Waals surface area contributed by atoms with E-state index in [0.29, 0.717) is 10.9 Å². The highest BCUT2D eigenvalue weighted by Crippen LogP contribution is 2.29. The Bertz CT molecular complexity index is 492. The largest absolute Gasteiger partial charge is 0.342 e. The molecule has 5 heteroatoms. The lowest BCUT2D eigenvalue weighted by molar-refractivity contribution is -0.137. The Morgan fingerprint density at radius 3 is 2.23 bits per heavy atom. The van der Waals surface area contributed by atoms with E-state index in [2.05, 4.69) is 6.92 Å². The molecule has 1 atom stereocenters. The molecule has 1 saturated heterocycles. The summed E-state index contributed by atoms with van der Waals surface area (Å²) < 4.78 is 0. The second-order valence-electron chi connectivity index (χ2n) is 6.62. The molecule has 0 saturated carbocycles. The second kappa shape index (κ2) is 7.67. The van der Waals surface area contributed by atoms with Gasteiger partial charge in [-0.15, -0.1) is 12.4 Å². The van der Waals surface area contributed by atoms with Crippen LogP contribution in [0.4, 0.5) is 0 Å². The van der Waals surface area contributed by atoms with Crippen molar-refractivity contribution in [3.05, 3.63) is 34.9 Å². The van der Waals surface area contributed by atoms with Gasteiger partial charge in [0.15, 0.2) is 0 Å². The first-order chi connectivity index (χ1) is 9.82. The Labute approximate surface area is 144 Å². The highest BCUT2D eigenvalue weighted by Gasteiger charge is 2.35. The molecule has 0 spiro atoms. The first-order valence-corrected chi connectivity index (χ1v) is 8.01.